The zero-order valence-corrected chi connectivity index (χ0v) is 19.3. The highest BCUT2D eigenvalue weighted by Crippen LogP contribution is 2.43. The number of non-ortho nitro benzene ring substituents is 1. The zero-order chi connectivity index (χ0) is 25.0. The van der Waals surface area contributed by atoms with E-state index in [0.29, 0.717) is 16.0 Å². The van der Waals surface area contributed by atoms with Gasteiger partial charge in [-0.1, -0.05) is 6.07 Å². The van der Waals surface area contributed by atoms with Crippen LogP contribution >= 0.6 is 11.3 Å². The molecule has 1 heterocycles. The molecule has 178 valence electrons. The molecule has 0 saturated carbocycles. The molecule has 2 aromatic carbocycles. The van der Waals surface area contributed by atoms with Crippen molar-refractivity contribution in [1.29, 1.82) is 0 Å². The van der Waals surface area contributed by atoms with E-state index in [1.54, 1.807) is 13.8 Å². The van der Waals surface area contributed by atoms with E-state index in [9.17, 15) is 28.5 Å². The van der Waals surface area contributed by atoms with Crippen molar-refractivity contribution < 1.29 is 32.8 Å². The first kappa shape index (κ1) is 24.8. The van der Waals surface area contributed by atoms with Crippen molar-refractivity contribution >= 4 is 34.1 Å². The highest BCUT2D eigenvalue weighted by molar-refractivity contribution is 7.20. The summed E-state index contributed by atoms with van der Waals surface area (Å²) in [7, 11) is 1.11. The van der Waals surface area contributed by atoms with Gasteiger partial charge in [-0.3, -0.25) is 15.0 Å². The SMILES string of the molecule is CCOC(=O)c1c(N(Cc2c(F)cccc2F)C(=O)OC)sc(-c2ccc([N+](=O)[O-])cc2)c1C. The van der Waals surface area contributed by atoms with Gasteiger partial charge < -0.3 is 9.47 Å². The molecular weight excluding hydrogens is 470 g/mol. The first-order valence-electron chi connectivity index (χ1n) is 10.0. The Morgan fingerprint density at radius 1 is 1.12 bits per heavy atom. The summed E-state index contributed by atoms with van der Waals surface area (Å²) in [6.45, 7) is 2.75. The Kier molecular flexibility index (Phi) is 7.57. The number of nitro groups is 1. The van der Waals surface area contributed by atoms with E-state index in [1.807, 2.05) is 0 Å². The second kappa shape index (κ2) is 10.4. The van der Waals surface area contributed by atoms with E-state index in [1.165, 1.54) is 30.3 Å². The Morgan fingerprint density at radius 2 is 1.74 bits per heavy atom. The Hall–Kier alpha value is -3.86. The molecule has 0 fully saturated rings. The number of rotatable bonds is 7. The monoisotopic (exact) mass is 490 g/mol. The van der Waals surface area contributed by atoms with E-state index >= 15 is 0 Å². The number of thiophene rings is 1. The van der Waals surface area contributed by atoms with E-state index in [-0.39, 0.29) is 28.4 Å². The average Bonchev–Trinajstić information content (AvgIpc) is 3.15. The van der Waals surface area contributed by atoms with Gasteiger partial charge in [0.15, 0.2) is 0 Å². The van der Waals surface area contributed by atoms with Gasteiger partial charge in [-0.15, -0.1) is 11.3 Å². The lowest BCUT2D eigenvalue weighted by molar-refractivity contribution is -0.384. The fourth-order valence-electron chi connectivity index (χ4n) is 3.31. The minimum atomic E-state index is -0.940. The number of methoxy groups -OCH3 is 1. The van der Waals surface area contributed by atoms with E-state index in [0.717, 1.165) is 35.5 Å². The van der Waals surface area contributed by atoms with Crippen LogP contribution in [0.5, 0.6) is 0 Å². The van der Waals surface area contributed by atoms with Crippen LogP contribution in [0.2, 0.25) is 0 Å². The van der Waals surface area contributed by atoms with E-state index in [4.69, 9.17) is 9.47 Å². The second-order valence-corrected chi connectivity index (χ2v) is 8.02. The number of hydrogen-bond donors (Lipinski definition) is 0. The molecular formula is C23H20F2N2O6S. The molecule has 0 aliphatic heterocycles. The van der Waals surface area contributed by atoms with E-state index < -0.39 is 35.2 Å². The quantitative estimate of drug-likeness (QED) is 0.234. The molecule has 1 amide bonds. The number of halogens is 2. The number of anilines is 1. The molecule has 8 nitrogen and oxygen atoms in total. The number of esters is 1. The van der Waals surface area contributed by atoms with Crippen LogP contribution < -0.4 is 4.90 Å². The fourth-order valence-corrected chi connectivity index (χ4v) is 4.60. The summed E-state index contributed by atoms with van der Waals surface area (Å²) < 4.78 is 38.7. The normalized spacial score (nSPS) is 10.6. The van der Waals surface area contributed by atoms with Crippen LogP contribution in [0, 0.1) is 28.7 Å². The maximum atomic E-state index is 14.4. The van der Waals surface area contributed by atoms with Crippen molar-refractivity contribution in [3.05, 3.63) is 80.9 Å². The summed E-state index contributed by atoms with van der Waals surface area (Å²) in [6.07, 6.45) is -0.940. The Morgan fingerprint density at radius 3 is 2.26 bits per heavy atom. The topological polar surface area (TPSA) is 99.0 Å². The Labute approximate surface area is 197 Å². The molecule has 3 rings (SSSR count). The van der Waals surface area contributed by atoms with Crippen LogP contribution in [0.15, 0.2) is 42.5 Å². The van der Waals surface area contributed by atoms with Crippen LogP contribution in [0.4, 0.5) is 24.3 Å². The van der Waals surface area contributed by atoms with Crippen molar-refractivity contribution in [2.24, 2.45) is 0 Å². The maximum absolute atomic E-state index is 14.4. The average molecular weight is 490 g/mol. The second-order valence-electron chi connectivity index (χ2n) is 7.02. The summed E-state index contributed by atoms with van der Waals surface area (Å²) >= 11 is 1.000. The van der Waals surface area contributed by atoms with Crippen LogP contribution in [-0.4, -0.2) is 30.7 Å². The van der Waals surface area contributed by atoms with Crippen LogP contribution in [0.25, 0.3) is 10.4 Å². The number of benzene rings is 2. The molecule has 0 aliphatic carbocycles. The molecule has 0 atom stereocenters. The minimum Gasteiger partial charge on any atom is -0.462 e. The van der Waals surface area contributed by atoms with Crippen molar-refractivity contribution in [3.63, 3.8) is 0 Å². The minimum absolute atomic E-state index is 0.0300. The third kappa shape index (κ3) is 4.88. The number of carbonyl (C=O) groups excluding carboxylic acids is 2. The summed E-state index contributed by atoms with van der Waals surface area (Å²) in [5, 5.41) is 11.1. The summed E-state index contributed by atoms with van der Waals surface area (Å²) in [5.41, 5.74) is 0.519. The number of nitro benzene ring substituents is 1. The number of ether oxygens (including phenoxy) is 2. The predicted octanol–water partition coefficient (Wildman–Crippen LogP) is 5.86. The van der Waals surface area contributed by atoms with Gasteiger partial charge in [-0.25, -0.2) is 18.4 Å². The highest BCUT2D eigenvalue weighted by Gasteiger charge is 2.31. The van der Waals surface area contributed by atoms with Crippen molar-refractivity contribution in [1.82, 2.24) is 0 Å². The smallest absolute Gasteiger partial charge is 0.414 e. The van der Waals surface area contributed by atoms with Gasteiger partial charge in [-0.05, 0) is 49.2 Å². The van der Waals surface area contributed by atoms with Gasteiger partial charge in [0, 0.05) is 22.6 Å². The third-order valence-electron chi connectivity index (χ3n) is 4.97. The van der Waals surface area contributed by atoms with Gasteiger partial charge in [0.2, 0.25) is 0 Å². The first-order valence-corrected chi connectivity index (χ1v) is 10.8. The van der Waals surface area contributed by atoms with Crippen molar-refractivity contribution in [2.45, 2.75) is 20.4 Å². The van der Waals surface area contributed by atoms with Gasteiger partial charge in [0.25, 0.3) is 5.69 Å². The molecule has 0 N–H and O–H groups in total. The first-order chi connectivity index (χ1) is 16.2. The molecule has 3 aromatic rings. The van der Waals surface area contributed by atoms with Gasteiger partial charge in [0.1, 0.15) is 16.6 Å². The predicted molar refractivity (Wildman–Crippen MR) is 122 cm³/mol. The van der Waals surface area contributed by atoms with Gasteiger partial charge >= 0.3 is 12.1 Å². The Balaban J connectivity index is 2.19. The highest BCUT2D eigenvalue weighted by atomic mass is 32.1. The van der Waals surface area contributed by atoms with E-state index in [2.05, 4.69) is 0 Å². The lowest BCUT2D eigenvalue weighted by Crippen LogP contribution is -2.31. The van der Waals surface area contributed by atoms with Gasteiger partial charge in [0.05, 0.1) is 30.7 Å². The molecule has 0 bridgehead atoms. The summed E-state index contributed by atoms with van der Waals surface area (Å²) in [5.74, 6) is -2.46. The number of amides is 1. The lowest BCUT2D eigenvalue weighted by Gasteiger charge is -2.21. The third-order valence-corrected chi connectivity index (χ3v) is 6.33. The lowest BCUT2D eigenvalue weighted by atomic mass is 10.1. The molecule has 0 aliphatic rings. The molecule has 1 aromatic heterocycles. The molecule has 0 saturated heterocycles. The standard InChI is InChI=1S/C23H20F2N2O6S/c1-4-33-22(28)19-13(2)20(14-8-10-15(11-9-14)27(30)31)34-21(19)26(23(29)32-3)12-16-17(24)6-5-7-18(16)25/h5-11H,4,12H2,1-3H3. The largest absolute Gasteiger partial charge is 0.462 e. The Bertz CT molecular complexity index is 1220. The molecule has 11 heteroatoms. The molecule has 0 unspecified atom stereocenters. The number of nitrogens with zero attached hydrogens (tertiary/aromatic N) is 2. The molecule has 0 radical (unpaired) electrons. The fraction of sp³-hybridized carbons (Fsp3) is 0.217. The molecule has 0 spiro atoms. The zero-order valence-electron chi connectivity index (χ0n) is 18.5. The van der Waals surface area contributed by atoms with Gasteiger partial charge in [-0.2, -0.15) is 0 Å². The van der Waals surface area contributed by atoms with Crippen LogP contribution in [0.3, 0.4) is 0 Å². The van der Waals surface area contributed by atoms with Crippen LogP contribution in [-0.2, 0) is 16.0 Å². The summed E-state index contributed by atoms with van der Waals surface area (Å²) in [6, 6.07) is 8.95. The summed E-state index contributed by atoms with van der Waals surface area (Å²) in [4.78, 5) is 37.5. The van der Waals surface area contributed by atoms with Crippen molar-refractivity contribution in [3.8, 4) is 10.4 Å². The van der Waals surface area contributed by atoms with Crippen LogP contribution in [0.1, 0.15) is 28.4 Å². The number of carbonyl (C=O) groups is 2. The van der Waals surface area contributed by atoms with Crippen molar-refractivity contribution in [2.75, 3.05) is 18.6 Å². The molecule has 34 heavy (non-hydrogen) atoms. The maximum Gasteiger partial charge on any atom is 0.414 e. The number of hydrogen-bond acceptors (Lipinski definition) is 7.